The number of carbonyl (C=O) groups excluding carboxylic acids is 2. The molecule has 0 radical (unpaired) electrons. The van der Waals surface area contributed by atoms with E-state index in [1.807, 2.05) is 0 Å². The Labute approximate surface area is 151 Å². The summed E-state index contributed by atoms with van der Waals surface area (Å²) in [7, 11) is 0. The average Bonchev–Trinajstić information content (AvgIpc) is 2.56. The van der Waals surface area contributed by atoms with E-state index in [1.165, 1.54) is 0 Å². The molecular formula is C14H26N4O6S. The number of unbranched alkanes of at least 4 members (excludes halogenated alkanes) is 1. The van der Waals surface area contributed by atoms with E-state index in [9.17, 15) is 24.3 Å². The van der Waals surface area contributed by atoms with Gasteiger partial charge in [0.1, 0.15) is 12.1 Å². The fraction of sp³-hybridized carbons (Fsp3) is 0.714. The highest BCUT2D eigenvalue weighted by atomic mass is 32.1. The number of rotatable bonds is 13. The molecule has 0 aromatic rings. The van der Waals surface area contributed by atoms with Crippen LogP contribution in [0.5, 0.6) is 0 Å². The number of carbonyl (C=O) groups is 4. The van der Waals surface area contributed by atoms with Crippen molar-refractivity contribution in [1.82, 2.24) is 10.6 Å². The lowest BCUT2D eigenvalue weighted by atomic mass is 10.1. The zero-order valence-electron chi connectivity index (χ0n) is 13.8. The molecule has 2 amide bonds. The van der Waals surface area contributed by atoms with E-state index in [2.05, 4.69) is 23.3 Å². The van der Waals surface area contributed by atoms with E-state index in [4.69, 9.17) is 16.6 Å². The van der Waals surface area contributed by atoms with Crippen LogP contribution < -0.4 is 22.1 Å². The zero-order valence-corrected chi connectivity index (χ0v) is 14.7. The molecule has 0 aromatic carbocycles. The van der Waals surface area contributed by atoms with Crippen LogP contribution in [0.15, 0.2) is 0 Å². The van der Waals surface area contributed by atoms with Crippen molar-refractivity contribution in [3.63, 3.8) is 0 Å². The molecule has 0 aliphatic rings. The van der Waals surface area contributed by atoms with Gasteiger partial charge in [-0.25, -0.2) is 4.79 Å². The highest BCUT2D eigenvalue weighted by Crippen LogP contribution is 2.04. The molecule has 0 aromatic heterocycles. The van der Waals surface area contributed by atoms with Crippen LogP contribution in [0.3, 0.4) is 0 Å². The Morgan fingerprint density at radius 3 is 2.04 bits per heavy atom. The van der Waals surface area contributed by atoms with E-state index in [-0.39, 0.29) is 25.0 Å². The maximum atomic E-state index is 12.3. The van der Waals surface area contributed by atoms with E-state index in [0.29, 0.717) is 19.4 Å². The molecule has 8 N–H and O–H groups in total. The van der Waals surface area contributed by atoms with E-state index < -0.39 is 41.9 Å². The first-order chi connectivity index (χ1) is 11.7. The minimum Gasteiger partial charge on any atom is -0.481 e. The quantitative estimate of drug-likeness (QED) is 0.146. The second-order valence-electron chi connectivity index (χ2n) is 5.47. The Kier molecular flexibility index (Phi) is 11.6. The number of thiol groups is 1. The van der Waals surface area contributed by atoms with Crippen molar-refractivity contribution in [2.75, 3.05) is 12.3 Å². The van der Waals surface area contributed by atoms with Crippen molar-refractivity contribution in [3.05, 3.63) is 0 Å². The number of hydrogen-bond donors (Lipinski definition) is 7. The molecule has 0 unspecified atom stereocenters. The van der Waals surface area contributed by atoms with Crippen LogP contribution in [0, 0.1) is 0 Å². The molecular weight excluding hydrogens is 352 g/mol. The highest BCUT2D eigenvalue weighted by molar-refractivity contribution is 7.80. The van der Waals surface area contributed by atoms with Gasteiger partial charge in [0.25, 0.3) is 0 Å². The first-order valence-corrected chi connectivity index (χ1v) is 8.48. The van der Waals surface area contributed by atoms with Gasteiger partial charge in [0, 0.05) is 12.2 Å². The number of carboxylic acid groups (broad SMARTS) is 2. The maximum Gasteiger partial charge on any atom is 0.326 e. The first kappa shape index (κ1) is 23.1. The van der Waals surface area contributed by atoms with Crippen LogP contribution in [0.4, 0.5) is 0 Å². The van der Waals surface area contributed by atoms with Crippen LogP contribution in [-0.4, -0.2) is 64.4 Å². The summed E-state index contributed by atoms with van der Waals surface area (Å²) in [5, 5.41) is 22.6. The van der Waals surface area contributed by atoms with Crippen molar-refractivity contribution in [1.29, 1.82) is 0 Å². The molecule has 0 aliphatic carbocycles. The van der Waals surface area contributed by atoms with Crippen LogP contribution in [0.2, 0.25) is 0 Å². The fourth-order valence-electron chi connectivity index (χ4n) is 1.92. The van der Waals surface area contributed by atoms with Gasteiger partial charge in [-0.3, -0.25) is 14.4 Å². The molecule has 0 rings (SSSR count). The SMILES string of the molecule is NCCCC[C@@H](NC(=O)[C@@H](CCC(=O)O)NC(=O)[C@H](N)CS)C(=O)O. The normalized spacial score (nSPS) is 14.2. The third kappa shape index (κ3) is 9.89. The second kappa shape index (κ2) is 12.5. The predicted octanol–water partition coefficient (Wildman–Crippen LogP) is -1.71. The standard InChI is InChI=1S/C14H26N4O6S/c15-6-2-1-3-10(14(23)24)18-13(22)9(4-5-11(19)20)17-12(21)8(16)7-25/h8-10,25H,1-7,15-16H2,(H,17,21)(H,18,22)(H,19,20)(H,23,24)/t8-,9-,10-/m1/s1. The zero-order chi connectivity index (χ0) is 19.4. The van der Waals surface area contributed by atoms with E-state index in [1.54, 1.807) is 0 Å². The van der Waals surface area contributed by atoms with Crippen LogP contribution >= 0.6 is 12.6 Å². The van der Waals surface area contributed by atoms with Gasteiger partial charge in [-0.2, -0.15) is 12.6 Å². The number of aliphatic carboxylic acids is 2. The summed E-state index contributed by atoms with van der Waals surface area (Å²) in [5.74, 6) is -3.78. The molecule has 144 valence electrons. The number of carboxylic acids is 2. The Morgan fingerprint density at radius 2 is 1.56 bits per heavy atom. The molecule has 0 aliphatic heterocycles. The molecule has 25 heavy (non-hydrogen) atoms. The van der Waals surface area contributed by atoms with Crippen LogP contribution in [-0.2, 0) is 19.2 Å². The first-order valence-electron chi connectivity index (χ1n) is 7.84. The Hall–Kier alpha value is -1.85. The minimum atomic E-state index is -1.22. The van der Waals surface area contributed by atoms with Gasteiger partial charge in [0.15, 0.2) is 0 Å². The third-order valence-corrected chi connectivity index (χ3v) is 3.77. The predicted molar refractivity (Wildman–Crippen MR) is 93.1 cm³/mol. The van der Waals surface area contributed by atoms with Gasteiger partial charge >= 0.3 is 11.9 Å². The number of hydrogen-bond acceptors (Lipinski definition) is 7. The summed E-state index contributed by atoms with van der Waals surface area (Å²) in [6, 6.07) is -3.32. The van der Waals surface area contributed by atoms with Crippen LogP contribution in [0.25, 0.3) is 0 Å². The fourth-order valence-corrected chi connectivity index (χ4v) is 2.09. The topological polar surface area (TPSA) is 185 Å². The molecule has 0 bridgehead atoms. The molecule has 3 atom stereocenters. The van der Waals surface area contributed by atoms with Gasteiger partial charge in [-0.1, -0.05) is 0 Å². The van der Waals surface area contributed by atoms with Gasteiger partial charge in [-0.05, 0) is 32.2 Å². The van der Waals surface area contributed by atoms with Gasteiger partial charge in [-0.15, -0.1) is 0 Å². The van der Waals surface area contributed by atoms with E-state index >= 15 is 0 Å². The van der Waals surface area contributed by atoms with Crippen molar-refractivity contribution >= 4 is 36.4 Å². The Balaban J connectivity index is 4.94. The lowest BCUT2D eigenvalue weighted by Crippen LogP contribution is -2.54. The largest absolute Gasteiger partial charge is 0.481 e. The van der Waals surface area contributed by atoms with E-state index in [0.717, 1.165) is 0 Å². The lowest BCUT2D eigenvalue weighted by molar-refractivity contribution is -0.143. The summed E-state index contributed by atoms with van der Waals surface area (Å²) in [5.41, 5.74) is 10.9. The van der Waals surface area contributed by atoms with Crippen molar-refractivity contribution < 1.29 is 29.4 Å². The summed E-state index contributed by atoms with van der Waals surface area (Å²) in [6.07, 6.45) is 0.717. The number of amides is 2. The summed E-state index contributed by atoms with van der Waals surface area (Å²) in [6.45, 7) is 0.402. The van der Waals surface area contributed by atoms with Gasteiger partial charge in [0.2, 0.25) is 11.8 Å². The molecule has 0 saturated carbocycles. The average molecular weight is 378 g/mol. The summed E-state index contributed by atoms with van der Waals surface area (Å²) >= 11 is 3.88. The maximum absolute atomic E-state index is 12.3. The molecule has 0 saturated heterocycles. The highest BCUT2D eigenvalue weighted by Gasteiger charge is 2.27. The number of nitrogens with one attached hydrogen (secondary N) is 2. The van der Waals surface area contributed by atoms with Crippen molar-refractivity contribution in [2.45, 2.75) is 50.2 Å². The Bertz CT molecular complexity index is 476. The summed E-state index contributed by atoms with van der Waals surface area (Å²) < 4.78 is 0. The molecule has 0 heterocycles. The van der Waals surface area contributed by atoms with Crippen molar-refractivity contribution in [3.8, 4) is 0 Å². The lowest BCUT2D eigenvalue weighted by Gasteiger charge is -2.22. The second-order valence-corrected chi connectivity index (χ2v) is 5.83. The molecule has 11 heteroatoms. The van der Waals surface area contributed by atoms with Gasteiger partial charge < -0.3 is 32.3 Å². The van der Waals surface area contributed by atoms with Crippen molar-refractivity contribution in [2.24, 2.45) is 11.5 Å². The smallest absolute Gasteiger partial charge is 0.326 e. The molecule has 0 spiro atoms. The third-order valence-electron chi connectivity index (χ3n) is 3.37. The molecule has 0 fully saturated rings. The summed E-state index contributed by atoms with van der Waals surface area (Å²) in [4.78, 5) is 46.1. The Morgan fingerprint density at radius 1 is 0.960 bits per heavy atom. The van der Waals surface area contributed by atoms with Gasteiger partial charge in [0.05, 0.1) is 6.04 Å². The monoisotopic (exact) mass is 378 g/mol. The minimum absolute atomic E-state index is 0.0376. The molecule has 10 nitrogen and oxygen atoms in total. The van der Waals surface area contributed by atoms with Crippen LogP contribution in [0.1, 0.15) is 32.1 Å². The number of nitrogens with two attached hydrogens (primary N) is 2.